The van der Waals surface area contributed by atoms with E-state index in [2.05, 4.69) is 60.0 Å². The molecule has 0 aliphatic rings. The van der Waals surface area contributed by atoms with Gasteiger partial charge in [-0.25, -0.2) is 4.98 Å². The molecule has 1 heterocycles. The van der Waals surface area contributed by atoms with Gasteiger partial charge in [0.05, 0.1) is 23.2 Å². The first-order valence-electron chi connectivity index (χ1n) is 11.5. The van der Waals surface area contributed by atoms with Gasteiger partial charge in [0.15, 0.2) is 0 Å². The number of aryl methyl sites for hydroxylation is 1. The average molecular weight is 506 g/mol. The lowest BCUT2D eigenvalue weighted by Gasteiger charge is -2.16. The van der Waals surface area contributed by atoms with Gasteiger partial charge in [-0.2, -0.15) is 9.78 Å². The zero-order chi connectivity index (χ0) is 23.4. The number of aromatic nitrogens is 2. The van der Waals surface area contributed by atoms with Crippen molar-refractivity contribution >= 4 is 43.8 Å². The molecule has 5 nitrogen and oxygen atoms in total. The lowest BCUT2D eigenvalue weighted by Crippen LogP contribution is -2.22. The highest BCUT2D eigenvalue weighted by Gasteiger charge is 2.13. The Morgan fingerprint density at radius 3 is 2.73 bits per heavy atom. The molecular formula is C27H28BrN3O2. The van der Waals surface area contributed by atoms with E-state index in [-0.39, 0.29) is 11.7 Å². The standard InChI is InChI=1S/C27H28BrN3O2/c1-4-6-11-26-30-24-14-13-20(28)16-22(24)27(32)31(26)29-17-23-21-10-8-7-9-19(21)12-15-25(23)33-18(3)5-2/h7-10,12-18H,4-6,11H2,1-3H3/t18-/m0/s1. The van der Waals surface area contributed by atoms with E-state index in [1.165, 1.54) is 4.68 Å². The van der Waals surface area contributed by atoms with Gasteiger partial charge in [0.25, 0.3) is 5.56 Å². The second-order valence-electron chi connectivity index (χ2n) is 8.19. The number of benzene rings is 3. The minimum atomic E-state index is -0.173. The molecule has 33 heavy (non-hydrogen) atoms. The van der Waals surface area contributed by atoms with Crippen LogP contribution >= 0.6 is 15.9 Å². The van der Waals surface area contributed by atoms with Crippen molar-refractivity contribution in [3.63, 3.8) is 0 Å². The minimum absolute atomic E-state index is 0.0702. The van der Waals surface area contributed by atoms with Gasteiger partial charge < -0.3 is 4.74 Å². The van der Waals surface area contributed by atoms with Crippen LogP contribution in [0.25, 0.3) is 21.7 Å². The minimum Gasteiger partial charge on any atom is -0.490 e. The molecule has 0 radical (unpaired) electrons. The molecule has 6 heteroatoms. The number of rotatable bonds is 8. The number of fused-ring (bicyclic) bond motifs is 2. The van der Waals surface area contributed by atoms with Crippen molar-refractivity contribution in [1.82, 2.24) is 9.66 Å². The van der Waals surface area contributed by atoms with Crippen molar-refractivity contribution in [2.24, 2.45) is 5.10 Å². The SMILES string of the molecule is CCCCc1nc2ccc(Br)cc2c(=O)n1N=Cc1c(O[C@@H](C)CC)ccc2ccccc12. The first-order valence-corrected chi connectivity index (χ1v) is 12.2. The fourth-order valence-electron chi connectivity index (χ4n) is 3.74. The third-order valence-corrected chi connectivity index (χ3v) is 6.26. The van der Waals surface area contributed by atoms with E-state index < -0.39 is 0 Å². The van der Waals surface area contributed by atoms with Crippen LogP contribution in [0.4, 0.5) is 0 Å². The van der Waals surface area contributed by atoms with Crippen LogP contribution in [-0.2, 0) is 6.42 Å². The van der Waals surface area contributed by atoms with Crippen LogP contribution in [-0.4, -0.2) is 22.0 Å². The van der Waals surface area contributed by atoms with Crippen molar-refractivity contribution in [2.45, 2.75) is 52.6 Å². The molecule has 0 unspecified atom stereocenters. The molecule has 0 aliphatic carbocycles. The molecule has 0 amide bonds. The van der Waals surface area contributed by atoms with Crippen LogP contribution < -0.4 is 10.3 Å². The zero-order valence-corrected chi connectivity index (χ0v) is 20.8. The van der Waals surface area contributed by atoms with Crippen LogP contribution in [0.3, 0.4) is 0 Å². The molecule has 170 valence electrons. The maximum Gasteiger partial charge on any atom is 0.282 e. The van der Waals surface area contributed by atoms with Crippen molar-refractivity contribution in [3.8, 4) is 5.75 Å². The summed E-state index contributed by atoms with van der Waals surface area (Å²) in [5.74, 6) is 1.42. The van der Waals surface area contributed by atoms with Crippen molar-refractivity contribution < 1.29 is 4.74 Å². The van der Waals surface area contributed by atoms with E-state index in [0.29, 0.717) is 23.1 Å². The van der Waals surface area contributed by atoms with Crippen LogP contribution in [0, 0.1) is 0 Å². The van der Waals surface area contributed by atoms with Crippen molar-refractivity contribution in [2.75, 3.05) is 0 Å². The monoisotopic (exact) mass is 505 g/mol. The van der Waals surface area contributed by atoms with E-state index in [4.69, 9.17) is 9.72 Å². The van der Waals surface area contributed by atoms with Crippen LogP contribution in [0.1, 0.15) is 51.4 Å². The zero-order valence-electron chi connectivity index (χ0n) is 19.2. The Kier molecular flexibility index (Phi) is 7.23. The molecule has 0 aliphatic heterocycles. The molecule has 1 aromatic heterocycles. The van der Waals surface area contributed by atoms with Gasteiger partial charge in [-0.15, -0.1) is 0 Å². The fraction of sp³-hybridized carbons (Fsp3) is 0.296. The summed E-state index contributed by atoms with van der Waals surface area (Å²) in [4.78, 5) is 18.2. The van der Waals surface area contributed by atoms with Gasteiger partial charge in [0.1, 0.15) is 11.6 Å². The second-order valence-corrected chi connectivity index (χ2v) is 9.11. The molecule has 1 atom stereocenters. The predicted molar refractivity (Wildman–Crippen MR) is 140 cm³/mol. The van der Waals surface area contributed by atoms with Crippen LogP contribution in [0.2, 0.25) is 0 Å². The smallest absolute Gasteiger partial charge is 0.282 e. The summed E-state index contributed by atoms with van der Waals surface area (Å²) in [6, 6.07) is 17.7. The molecular weight excluding hydrogens is 478 g/mol. The first-order chi connectivity index (χ1) is 16.0. The number of halogens is 1. The van der Waals surface area contributed by atoms with Crippen molar-refractivity contribution in [3.05, 3.63) is 80.8 Å². The lowest BCUT2D eigenvalue weighted by atomic mass is 10.0. The molecule has 0 saturated carbocycles. The van der Waals surface area contributed by atoms with Gasteiger partial charge in [-0.3, -0.25) is 4.79 Å². The van der Waals surface area contributed by atoms with Crippen molar-refractivity contribution in [1.29, 1.82) is 0 Å². The number of unbranched alkanes of at least 4 members (excludes halogenated alkanes) is 1. The molecule has 0 bridgehead atoms. The summed E-state index contributed by atoms with van der Waals surface area (Å²) in [6.45, 7) is 6.27. The van der Waals surface area contributed by atoms with Crippen LogP contribution in [0.15, 0.2) is 69.0 Å². The maximum absolute atomic E-state index is 13.4. The Labute approximate surface area is 202 Å². The molecule has 3 aromatic carbocycles. The summed E-state index contributed by atoms with van der Waals surface area (Å²) < 4.78 is 8.48. The number of nitrogens with zero attached hydrogens (tertiary/aromatic N) is 3. The van der Waals surface area contributed by atoms with E-state index >= 15 is 0 Å². The quantitative estimate of drug-likeness (QED) is 0.250. The van der Waals surface area contributed by atoms with Gasteiger partial charge in [0.2, 0.25) is 0 Å². The predicted octanol–water partition coefficient (Wildman–Crippen LogP) is 6.71. The number of hydrogen-bond acceptors (Lipinski definition) is 4. The molecule has 0 spiro atoms. The lowest BCUT2D eigenvalue weighted by molar-refractivity contribution is 0.217. The highest BCUT2D eigenvalue weighted by molar-refractivity contribution is 9.10. The molecule has 0 N–H and O–H groups in total. The average Bonchev–Trinajstić information content (AvgIpc) is 2.83. The third-order valence-electron chi connectivity index (χ3n) is 5.77. The maximum atomic E-state index is 13.4. The highest BCUT2D eigenvalue weighted by Crippen LogP contribution is 2.28. The highest BCUT2D eigenvalue weighted by atomic mass is 79.9. The van der Waals surface area contributed by atoms with Gasteiger partial charge >= 0.3 is 0 Å². The Hall–Kier alpha value is -2.99. The summed E-state index contributed by atoms with van der Waals surface area (Å²) in [6.07, 6.45) is 5.33. The van der Waals surface area contributed by atoms with E-state index in [9.17, 15) is 4.79 Å². The Bertz CT molecular complexity index is 1380. The summed E-state index contributed by atoms with van der Waals surface area (Å²) in [5.41, 5.74) is 1.37. The van der Waals surface area contributed by atoms with Gasteiger partial charge in [0, 0.05) is 16.5 Å². The topological polar surface area (TPSA) is 56.5 Å². The molecule has 0 fully saturated rings. The Morgan fingerprint density at radius 1 is 1.12 bits per heavy atom. The summed E-state index contributed by atoms with van der Waals surface area (Å²) in [5, 5.41) is 7.33. The Morgan fingerprint density at radius 2 is 1.94 bits per heavy atom. The number of ether oxygens (including phenoxy) is 1. The van der Waals surface area contributed by atoms with Gasteiger partial charge in [-0.1, -0.05) is 66.5 Å². The van der Waals surface area contributed by atoms with E-state index in [1.54, 1.807) is 12.3 Å². The fourth-order valence-corrected chi connectivity index (χ4v) is 4.10. The third kappa shape index (κ3) is 5.01. The summed E-state index contributed by atoms with van der Waals surface area (Å²) in [7, 11) is 0. The normalized spacial score (nSPS) is 12.6. The van der Waals surface area contributed by atoms with Gasteiger partial charge in [-0.05, 0) is 54.8 Å². The molecule has 4 rings (SSSR count). The Balaban J connectivity index is 1.89. The largest absolute Gasteiger partial charge is 0.490 e. The van der Waals surface area contributed by atoms with E-state index in [0.717, 1.165) is 45.8 Å². The number of hydrogen-bond donors (Lipinski definition) is 0. The second kappa shape index (κ2) is 10.3. The summed E-state index contributed by atoms with van der Waals surface area (Å²) >= 11 is 3.46. The molecule has 4 aromatic rings. The first kappa shape index (κ1) is 23.2. The molecule has 0 saturated heterocycles. The van der Waals surface area contributed by atoms with E-state index in [1.807, 2.05) is 30.3 Å². The van der Waals surface area contributed by atoms with Crippen LogP contribution in [0.5, 0.6) is 5.75 Å².